The molecule has 24 heavy (non-hydrogen) atoms. The number of rotatable bonds is 1. The lowest BCUT2D eigenvalue weighted by atomic mass is 10.0. The summed E-state index contributed by atoms with van der Waals surface area (Å²) in [6.45, 7) is 0. The number of aromatic nitrogens is 2. The molecule has 0 aliphatic carbocycles. The molecule has 0 bridgehead atoms. The van der Waals surface area contributed by atoms with Crippen molar-refractivity contribution in [1.82, 2.24) is 9.55 Å². The minimum absolute atomic E-state index is 1.04. The van der Waals surface area contributed by atoms with Crippen molar-refractivity contribution in [3.8, 4) is 11.3 Å². The minimum atomic E-state index is 1.04. The van der Waals surface area contributed by atoms with Gasteiger partial charge in [-0.2, -0.15) is 0 Å². The van der Waals surface area contributed by atoms with Crippen LogP contribution in [0.25, 0.3) is 44.0 Å². The highest BCUT2D eigenvalue weighted by atomic mass is 15.0. The average molecular weight is 308 g/mol. The second-order valence-electron chi connectivity index (χ2n) is 6.14. The van der Waals surface area contributed by atoms with Gasteiger partial charge in [-0.1, -0.05) is 66.7 Å². The van der Waals surface area contributed by atoms with Crippen LogP contribution >= 0.6 is 0 Å². The molecule has 0 N–H and O–H groups in total. The molecule has 2 nitrogen and oxygen atoms in total. The summed E-state index contributed by atoms with van der Waals surface area (Å²) in [5, 5.41) is 3.78. The van der Waals surface area contributed by atoms with E-state index in [2.05, 4.69) is 84.4 Å². The molecule has 0 aliphatic heterocycles. The molecule has 2 heteroatoms. The van der Waals surface area contributed by atoms with E-state index in [1.807, 2.05) is 6.07 Å². The molecule has 3 aromatic carbocycles. The van der Waals surface area contributed by atoms with E-state index < -0.39 is 0 Å². The van der Waals surface area contributed by atoms with Crippen LogP contribution in [-0.4, -0.2) is 9.55 Å². The van der Waals surface area contributed by atoms with Crippen molar-refractivity contribution in [1.29, 1.82) is 0 Å². The summed E-state index contributed by atoms with van der Waals surface area (Å²) in [7, 11) is 2.13. The Balaban J connectivity index is 2.10. The van der Waals surface area contributed by atoms with Gasteiger partial charge in [0.2, 0.25) is 0 Å². The molecule has 0 saturated carbocycles. The highest BCUT2D eigenvalue weighted by molar-refractivity contribution is 6.22. The molecule has 5 aromatic rings. The van der Waals surface area contributed by atoms with Gasteiger partial charge in [-0.3, -0.25) is 0 Å². The van der Waals surface area contributed by atoms with E-state index in [4.69, 9.17) is 4.98 Å². The summed E-state index contributed by atoms with van der Waals surface area (Å²) < 4.78 is 2.27. The van der Waals surface area contributed by atoms with E-state index in [1.165, 1.54) is 27.2 Å². The van der Waals surface area contributed by atoms with Crippen molar-refractivity contribution < 1.29 is 0 Å². The third-order valence-corrected chi connectivity index (χ3v) is 4.78. The summed E-state index contributed by atoms with van der Waals surface area (Å²) >= 11 is 0. The van der Waals surface area contributed by atoms with Crippen LogP contribution in [-0.2, 0) is 7.05 Å². The predicted octanol–water partition coefficient (Wildman–Crippen LogP) is 5.55. The van der Waals surface area contributed by atoms with Crippen LogP contribution in [0.4, 0.5) is 0 Å². The van der Waals surface area contributed by atoms with Crippen molar-refractivity contribution in [2.75, 3.05) is 0 Å². The maximum atomic E-state index is 5.01. The SMILES string of the molecule is Cn1c2ccccc2c2c3ccccc3nc(-c3ccccc3)c21. The molecule has 2 heterocycles. The zero-order valence-corrected chi connectivity index (χ0v) is 13.4. The van der Waals surface area contributed by atoms with Crippen molar-refractivity contribution in [3.05, 3.63) is 78.9 Å². The Bertz CT molecular complexity index is 1200. The zero-order valence-electron chi connectivity index (χ0n) is 13.4. The summed E-state index contributed by atoms with van der Waals surface area (Å²) in [6.07, 6.45) is 0. The number of nitrogens with zero attached hydrogens (tertiary/aromatic N) is 2. The Hall–Kier alpha value is -3.13. The number of para-hydroxylation sites is 2. The van der Waals surface area contributed by atoms with Crippen molar-refractivity contribution in [3.63, 3.8) is 0 Å². The molecule has 0 spiro atoms. The normalized spacial score (nSPS) is 11.5. The van der Waals surface area contributed by atoms with Crippen LogP contribution in [0.3, 0.4) is 0 Å². The smallest absolute Gasteiger partial charge is 0.0952 e. The van der Waals surface area contributed by atoms with Gasteiger partial charge in [0.1, 0.15) is 0 Å². The standard InChI is InChI=1S/C22H16N2/c1-24-19-14-8-6-12-17(19)20-16-11-5-7-13-18(16)23-21(22(20)24)15-9-3-2-4-10-15/h2-14H,1H3. The molecule has 5 rings (SSSR count). The molecule has 0 atom stereocenters. The lowest BCUT2D eigenvalue weighted by Gasteiger charge is -2.09. The van der Waals surface area contributed by atoms with Crippen molar-refractivity contribution in [2.24, 2.45) is 7.05 Å². The quantitative estimate of drug-likeness (QED) is 0.397. The largest absolute Gasteiger partial charge is 0.342 e. The van der Waals surface area contributed by atoms with Gasteiger partial charge in [-0.15, -0.1) is 0 Å². The first-order valence-corrected chi connectivity index (χ1v) is 8.16. The highest BCUT2D eigenvalue weighted by Crippen LogP contribution is 2.38. The van der Waals surface area contributed by atoms with Crippen LogP contribution in [0.2, 0.25) is 0 Å². The van der Waals surface area contributed by atoms with Gasteiger partial charge in [-0.25, -0.2) is 4.98 Å². The third kappa shape index (κ3) is 1.74. The highest BCUT2D eigenvalue weighted by Gasteiger charge is 2.17. The molecule has 0 radical (unpaired) electrons. The van der Waals surface area contributed by atoms with Gasteiger partial charge in [0.25, 0.3) is 0 Å². The van der Waals surface area contributed by atoms with Crippen LogP contribution in [0.15, 0.2) is 78.9 Å². The lowest BCUT2D eigenvalue weighted by molar-refractivity contribution is 1.01. The molecule has 0 fully saturated rings. The Morgan fingerprint density at radius 3 is 2.21 bits per heavy atom. The fraction of sp³-hybridized carbons (Fsp3) is 0.0455. The number of benzene rings is 3. The van der Waals surface area contributed by atoms with Crippen LogP contribution in [0.1, 0.15) is 0 Å². The average Bonchev–Trinajstić information content (AvgIpc) is 2.96. The summed E-state index contributed by atoms with van der Waals surface area (Å²) in [5.74, 6) is 0. The van der Waals surface area contributed by atoms with Crippen LogP contribution in [0.5, 0.6) is 0 Å². The van der Waals surface area contributed by atoms with Gasteiger partial charge < -0.3 is 4.57 Å². The van der Waals surface area contributed by atoms with Crippen molar-refractivity contribution in [2.45, 2.75) is 0 Å². The van der Waals surface area contributed by atoms with Gasteiger partial charge in [-0.05, 0) is 12.1 Å². The van der Waals surface area contributed by atoms with Crippen molar-refractivity contribution >= 4 is 32.7 Å². The molecule has 0 aliphatic rings. The van der Waals surface area contributed by atoms with E-state index in [0.29, 0.717) is 0 Å². The number of hydrogen-bond donors (Lipinski definition) is 0. The minimum Gasteiger partial charge on any atom is -0.342 e. The summed E-state index contributed by atoms with van der Waals surface area (Å²) in [4.78, 5) is 5.01. The first kappa shape index (κ1) is 13.3. The molecule has 2 aromatic heterocycles. The Morgan fingerprint density at radius 2 is 1.38 bits per heavy atom. The Morgan fingerprint density at radius 1 is 0.708 bits per heavy atom. The summed E-state index contributed by atoms with van der Waals surface area (Å²) in [5.41, 5.74) is 5.67. The van der Waals surface area contributed by atoms with Gasteiger partial charge in [0.05, 0.1) is 16.7 Å². The fourth-order valence-corrected chi connectivity index (χ4v) is 3.70. The Kier molecular flexibility index (Phi) is 2.74. The van der Waals surface area contributed by atoms with E-state index in [9.17, 15) is 0 Å². The van der Waals surface area contributed by atoms with E-state index in [1.54, 1.807) is 0 Å². The van der Waals surface area contributed by atoms with E-state index >= 15 is 0 Å². The van der Waals surface area contributed by atoms with Crippen LogP contribution < -0.4 is 0 Å². The first-order valence-electron chi connectivity index (χ1n) is 8.16. The summed E-state index contributed by atoms with van der Waals surface area (Å²) in [6, 6.07) is 27.5. The van der Waals surface area contributed by atoms with Gasteiger partial charge in [0, 0.05) is 34.3 Å². The topological polar surface area (TPSA) is 17.8 Å². The lowest BCUT2D eigenvalue weighted by Crippen LogP contribution is -1.93. The predicted molar refractivity (Wildman–Crippen MR) is 101 cm³/mol. The zero-order chi connectivity index (χ0) is 16.1. The number of pyridine rings is 1. The molecule has 0 amide bonds. The second kappa shape index (κ2) is 4.93. The molecule has 0 unspecified atom stereocenters. The van der Waals surface area contributed by atoms with Crippen LogP contribution in [0, 0.1) is 0 Å². The first-order chi connectivity index (χ1) is 11.8. The molecular formula is C22H16N2. The van der Waals surface area contributed by atoms with E-state index in [0.717, 1.165) is 16.8 Å². The van der Waals surface area contributed by atoms with Gasteiger partial charge in [0.15, 0.2) is 0 Å². The second-order valence-corrected chi connectivity index (χ2v) is 6.14. The third-order valence-electron chi connectivity index (χ3n) is 4.78. The maximum absolute atomic E-state index is 5.01. The molecule has 0 saturated heterocycles. The molecular weight excluding hydrogens is 292 g/mol. The van der Waals surface area contributed by atoms with E-state index in [-0.39, 0.29) is 0 Å². The fourth-order valence-electron chi connectivity index (χ4n) is 3.70. The monoisotopic (exact) mass is 308 g/mol. The maximum Gasteiger partial charge on any atom is 0.0952 e. The van der Waals surface area contributed by atoms with Gasteiger partial charge >= 0.3 is 0 Å². The Labute approximate surface area is 140 Å². The molecule has 114 valence electrons. The number of fused-ring (bicyclic) bond motifs is 5. The number of aryl methyl sites for hydroxylation is 1. The number of hydrogen-bond acceptors (Lipinski definition) is 1.